The van der Waals surface area contributed by atoms with E-state index in [0.717, 1.165) is 32.1 Å². The molecule has 1 heterocycles. The predicted octanol–water partition coefficient (Wildman–Crippen LogP) is 0.124. The molecule has 0 spiro atoms. The van der Waals surface area contributed by atoms with Crippen molar-refractivity contribution in [3.8, 4) is 0 Å². The van der Waals surface area contributed by atoms with Crippen molar-refractivity contribution in [3.63, 3.8) is 0 Å². The van der Waals surface area contributed by atoms with E-state index in [1.165, 1.54) is 0 Å². The fourth-order valence-electron chi connectivity index (χ4n) is 0.974. The van der Waals surface area contributed by atoms with Gasteiger partial charge in [-0.1, -0.05) is 0 Å². The highest BCUT2D eigenvalue weighted by Crippen LogP contribution is 1.95. The monoisotopic (exact) mass is 196 g/mol. The molecule has 0 aliphatic rings. The molecule has 0 bridgehead atoms. The van der Waals surface area contributed by atoms with Crippen molar-refractivity contribution in [2.24, 2.45) is 0 Å². The number of nitrogens with zero attached hydrogens (tertiary/aromatic N) is 2. The maximum absolute atomic E-state index is 4.90. The van der Waals surface area contributed by atoms with Gasteiger partial charge >= 0.3 is 0 Å². The zero-order valence-electron chi connectivity index (χ0n) is 8.36. The van der Waals surface area contributed by atoms with Crippen LogP contribution in [0.5, 0.6) is 0 Å². The summed E-state index contributed by atoms with van der Waals surface area (Å²) < 4.78 is 4.90. The molecule has 0 saturated carbocycles. The van der Waals surface area contributed by atoms with Gasteiger partial charge in [-0.2, -0.15) is 5.10 Å². The fraction of sp³-hybridized carbons (Fsp3) is 0.556. The van der Waals surface area contributed by atoms with Crippen molar-refractivity contribution in [1.29, 1.82) is 0 Å². The Labute approximate surface area is 83.9 Å². The maximum atomic E-state index is 4.90. The molecule has 0 amide bonds. The Hall–Kier alpha value is -1.20. The largest absolute Gasteiger partial charge is 0.383 e. The standard InChI is InChI=1S/C9H16N4O/c1-14-8-7-10-5-6-11-9-3-2-4-12-13-9/h2-4,10H,5-8H2,1H3,(H,11,13). The Kier molecular flexibility index (Phi) is 5.62. The Morgan fingerprint density at radius 3 is 3.00 bits per heavy atom. The average molecular weight is 196 g/mol. The van der Waals surface area contributed by atoms with E-state index in [9.17, 15) is 0 Å². The van der Waals surface area contributed by atoms with Gasteiger partial charge in [0.05, 0.1) is 6.61 Å². The third-order valence-corrected chi connectivity index (χ3v) is 1.66. The van der Waals surface area contributed by atoms with Crippen molar-refractivity contribution in [1.82, 2.24) is 15.5 Å². The van der Waals surface area contributed by atoms with Gasteiger partial charge in [0.25, 0.3) is 0 Å². The van der Waals surface area contributed by atoms with Gasteiger partial charge in [-0.05, 0) is 12.1 Å². The highest BCUT2D eigenvalue weighted by Gasteiger charge is 1.90. The third kappa shape index (κ3) is 4.74. The summed E-state index contributed by atoms with van der Waals surface area (Å²) in [6.07, 6.45) is 1.65. The van der Waals surface area contributed by atoms with E-state index in [1.807, 2.05) is 12.1 Å². The van der Waals surface area contributed by atoms with Crippen molar-refractivity contribution in [3.05, 3.63) is 18.3 Å². The second-order valence-electron chi connectivity index (χ2n) is 2.78. The SMILES string of the molecule is COCCNCCNc1cccnn1. The molecule has 0 aliphatic heterocycles. The average Bonchev–Trinajstić information content (AvgIpc) is 2.25. The van der Waals surface area contributed by atoms with Crippen LogP contribution in [-0.4, -0.2) is 43.5 Å². The minimum atomic E-state index is 0.741. The Morgan fingerprint density at radius 1 is 1.36 bits per heavy atom. The van der Waals surface area contributed by atoms with Crippen molar-refractivity contribution in [2.45, 2.75) is 0 Å². The number of ether oxygens (including phenoxy) is 1. The van der Waals surface area contributed by atoms with Crippen LogP contribution in [0, 0.1) is 0 Å². The van der Waals surface area contributed by atoms with E-state index in [1.54, 1.807) is 13.3 Å². The lowest BCUT2D eigenvalue weighted by molar-refractivity contribution is 0.200. The molecule has 0 unspecified atom stereocenters. The number of aromatic nitrogens is 2. The summed E-state index contributed by atoms with van der Waals surface area (Å²) >= 11 is 0. The Morgan fingerprint density at radius 2 is 2.29 bits per heavy atom. The highest BCUT2D eigenvalue weighted by atomic mass is 16.5. The number of hydrogen-bond donors (Lipinski definition) is 2. The first-order chi connectivity index (χ1) is 6.93. The molecule has 0 saturated heterocycles. The molecule has 1 aromatic heterocycles. The predicted molar refractivity (Wildman–Crippen MR) is 55.3 cm³/mol. The quantitative estimate of drug-likeness (QED) is 0.607. The number of methoxy groups -OCH3 is 1. The lowest BCUT2D eigenvalue weighted by Gasteiger charge is -2.05. The van der Waals surface area contributed by atoms with Crippen molar-refractivity contribution >= 4 is 5.82 Å². The highest BCUT2D eigenvalue weighted by molar-refractivity contribution is 5.31. The first-order valence-electron chi connectivity index (χ1n) is 4.64. The van der Waals surface area contributed by atoms with E-state index in [2.05, 4.69) is 20.8 Å². The molecular formula is C9H16N4O. The van der Waals surface area contributed by atoms with Gasteiger partial charge in [-0.15, -0.1) is 5.10 Å². The summed E-state index contributed by atoms with van der Waals surface area (Å²) in [4.78, 5) is 0. The summed E-state index contributed by atoms with van der Waals surface area (Å²) in [7, 11) is 1.69. The smallest absolute Gasteiger partial charge is 0.148 e. The van der Waals surface area contributed by atoms with Crippen LogP contribution in [0.4, 0.5) is 5.82 Å². The summed E-state index contributed by atoms with van der Waals surface area (Å²) in [5.41, 5.74) is 0. The summed E-state index contributed by atoms with van der Waals surface area (Å²) in [5, 5.41) is 14.0. The Bertz CT molecular complexity index is 230. The second kappa shape index (κ2) is 7.23. The molecule has 0 radical (unpaired) electrons. The maximum Gasteiger partial charge on any atom is 0.148 e. The van der Waals surface area contributed by atoms with E-state index in [-0.39, 0.29) is 0 Å². The molecule has 5 heteroatoms. The zero-order valence-corrected chi connectivity index (χ0v) is 8.36. The topological polar surface area (TPSA) is 59.1 Å². The summed E-state index contributed by atoms with van der Waals surface area (Å²) in [6, 6.07) is 3.75. The van der Waals surface area contributed by atoms with Crippen molar-refractivity contribution < 1.29 is 4.74 Å². The molecule has 0 aliphatic carbocycles. The molecule has 1 aromatic rings. The van der Waals surface area contributed by atoms with Gasteiger partial charge in [0.15, 0.2) is 0 Å². The van der Waals surface area contributed by atoms with E-state index < -0.39 is 0 Å². The van der Waals surface area contributed by atoms with Crippen LogP contribution < -0.4 is 10.6 Å². The van der Waals surface area contributed by atoms with Crippen LogP contribution in [0.1, 0.15) is 0 Å². The van der Waals surface area contributed by atoms with Gasteiger partial charge in [0, 0.05) is 32.9 Å². The first kappa shape index (κ1) is 10.9. The van der Waals surface area contributed by atoms with Crippen molar-refractivity contribution in [2.75, 3.05) is 38.7 Å². The number of hydrogen-bond acceptors (Lipinski definition) is 5. The molecule has 2 N–H and O–H groups in total. The fourth-order valence-corrected chi connectivity index (χ4v) is 0.974. The van der Waals surface area contributed by atoms with Gasteiger partial charge in [0.1, 0.15) is 5.82 Å². The first-order valence-corrected chi connectivity index (χ1v) is 4.64. The van der Waals surface area contributed by atoms with Gasteiger partial charge in [0.2, 0.25) is 0 Å². The number of rotatable bonds is 7. The molecule has 5 nitrogen and oxygen atoms in total. The van der Waals surface area contributed by atoms with Gasteiger partial charge < -0.3 is 15.4 Å². The molecular weight excluding hydrogens is 180 g/mol. The van der Waals surface area contributed by atoms with E-state index in [0.29, 0.717) is 0 Å². The van der Waals surface area contributed by atoms with E-state index >= 15 is 0 Å². The van der Waals surface area contributed by atoms with E-state index in [4.69, 9.17) is 4.74 Å². The normalized spacial score (nSPS) is 10.1. The van der Waals surface area contributed by atoms with Crippen LogP contribution in [0.2, 0.25) is 0 Å². The summed E-state index contributed by atoms with van der Waals surface area (Å²) in [6.45, 7) is 3.34. The molecule has 0 aromatic carbocycles. The molecule has 78 valence electrons. The number of nitrogens with one attached hydrogen (secondary N) is 2. The zero-order chi connectivity index (χ0) is 10.1. The van der Waals surface area contributed by atoms with Crippen LogP contribution in [0.25, 0.3) is 0 Å². The van der Waals surface area contributed by atoms with Gasteiger partial charge in [-0.25, -0.2) is 0 Å². The second-order valence-corrected chi connectivity index (χ2v) is 2.78. The van der Waals surface area contributed by atoms with Crippen LogP contribution in [0.3, 0.4) is 0 Å². The minimum Gasteiger partial charge on any atom is -0.383 e. The lowest BCUT2D eigenvalue weighted by atomic mass is 10.5. The lowest BCUT2D eigenvalue weighted by Crippen LogP contribution is -2.25. The molecule has 0 atom stereocenters. The summed E-state index contributed by atoms with van der Waals surface area (Å²) in [5.74, 6) is 0.807. The van der Waals surface area contributed by atoms with Gasteiger partial charge in [-0.3, -0.25) is 0 Å². The minimum absolute atomic E-state index is 0.741. The molecule has 14 heavy (non-hydrogen) atoms. The van der Waals surface area contributed by atoms with Crippen LogP contribution >= 0.6 is 0 Å². The van der Waals surface area contributed by atoms with Crippen LogP contribution in [0.15, 0.2) is 18.3 Å². The number of anilines is 1. The Balaban J connectivity index is 1.99. The molecule has 0 fully saturated rings. The third-order valence-electron chi connectivity index (χ3n) is 1.66. The molecule has 1 rings (SSSR count). The van der Waals surface area contributed by atoms with Crippen LogP contribution in [-0.2, 0) is 4.74 Å².